The molecule has 4 rings (SSSR count). The fourth-order valence-corrected chi connectivity index (χ4v) is 4.09. The predicted molar refractivity (Wildman–Crippen MR) is 130 cm³/mol. The Morgan fingerprint density at radius 1 is 1.06 bits per heavy atom. The molecular formula is C26H28N4O5. The van der Waals surface area contributed by atoms with Crippen molar-refractivity contribution in [3.8, 4) is 11.1 Å². The number of amides is 2. The first-order chi connectivity index (χ1) is 16.7. The molecule has 1 aliphatic rings. The van der Waals surface area contributed by atoms with Gasteiger partial charge in [0.25, 0.3) is 0 Å². The number of ether oxygens (including phenoxy) is 1. The topological polar surface area (TPSA) is 123 Å². The van der Waals surface area contributed by atoms with Crippen molar-refractivity contribution in [1.82, 2.24) is 15.1 Å². The van der Waals surface area contributed by atoms with Gasteiger partial charge < -0.3 is 15.2 Å². The number of benzene rings is 2. The van der Waals surface area contributed by atoms with Crippen molar-refractivity contribution >= 4 is 23.7 Å². The summed E-state index contributed by atoms with van der Waals surface area (Å²) in [6, 6.07) is 16.2. The number of nitrogens with one attached hydrogen (secondary N) is 2. The summed E-state index contributed by atoms with van der Waals surface area (Å²) < 4.78 is 6.91. The fourth-order valence-electron chi connectivity index (χ4n) is 4.09. The second-order valence-electron chi connectivity index (χ2n) is 9.17. The van der Waals surface area contributed by atoms with E-state index in [1.165, 1.54) is 17.1 Å². The Labute approximate surface area is 203 Å². The van der Waals surface area contributed by atoms with Crippen molar-refractivity contribution in [2.75, 3.05) is 18.5 Å². The number of aromatic nitrogens is 2. The molecule has 0 fully saturated rings. The maximum absolute atomic E-state index is 12.4. The molecule has 0 saturated carbocycles. The average Bonchev–Trinajstić information content (AvgIpc) is 3.39. The number of carbonyl (C=O) groups excluding carboxylic acids is 2. The Kier molecular flexibility index (Phi) is 6.86. The molecular weight excluding hydrogens is 448 g/mol. The molecule has 0 bridgehead atoms. The third kappa shape index (κ3) is 5.51. The highest BCUT2D eigenvalue weighted by Gasteiger charge is 2.29. The lowest BCUT2D eigenvalue weighted by Crippen LogP contribution is -2.33. The molecule has 35 heavy (non-hydrogen) atoms. The van der Waals surface area contributed by atoms with Crippen LogP contribution in [-0.2, 0) is 20.9 Å². The van der Waals surface area contributed by atoms with Crippen LogP contribution in [0.3, 0.4) is 0 Å². The fraction of sp³-hybridized carbons (Fsp3) is 0.308. The summed E-state index contributed by atoms with van der Waals surface area (Å²) in [5.74, 6) is -1.25. The van der Waals surface area contributed by atoms with Crippen LogP contribution in [0.2, 0.25) is 0 Å². The first-order valence-corrected chi connectivity index (χ1v) is 11.4. The molecule has 9 heteroatoms. The van der Waals surface area contributed by atoms with Crippen LogP contribution in [0, 0.1) is 5.41 Å². The van der Waals surface area contributed by atoms with Gasteiger partial charge in [-0.3, -0.25) is 19.6 Å². The Morgan fingerprint density at radius 2 is 1.69 bits per heavy atom. The van der Waals surface area contributed by atoms with Crippen LogP contribution in [0.15, 0.2) is 60.9 Å². The normalized spacial score (nSPS) is 12.5. The van der Waals surface area contributed by atoms with E-state index in [-0.39, 0.29) is 31.5 Å². The maximum atomic E-state index is 12.4. The summed E-state index contributed by atoms with van der Waals surface area (Å²) in [5, 5.41) is 18.5. The number of rotatable bonds is 9. The number of carbonyl (C=O) groups is 3. The summed E-state index contributed by atoms with van der Waals surface area (Å²) >= 11 is 0. The molecule has 0 unspecified atom stereocenters. The molecule has 0 atom stereocenters. The largest absolute Gasteiger partial charge is 0.481 e. The molecule has 3 N–H and O–H groups in total. The number of fused-ring (bicyclic) bond motifs is 3. The zero-order valence-corrected chi connectivity index (χ0v) is 19.7. The first kappa shape index (κ1) is 24.0. The van der Waals surface area contributed by atoms with Gasteiger partial charge >= 0.3 is 12.1 Å². The van der Waals surface area contributed by atoms with E-state index in [4.69, 9.17) is 9.84 Å². The van der Waals surface area contributed by atoms with E-state index in [0.29, 0.717) is 12.1 Å². The second kappa shape index (κ2) is 10.0. The van der Waals surface area contributed by atoms with Crippen LogP contribution < -0.4 is 10.6 Å². The first-order valence-electron chi connectivity index (χ1n) is 11.4. The molecule has 2 aromatic carbocycles. The van der Waals surface area contributed by atoms with Crippen LogP contribution in [0.5, 0.6) is 0 Å². The predicted octanol–water partition coefficient (Wildman–Crippen LogP) is 3.86. The molecule has 2 amide bonds. The zero-order chi connectivity index (χ0) is 25.0. The van der Waals surface area contributed by atoms with Crippen molar-refractivity contribution in [2.45, 2.75) is 32.7 Å². The van der Waals surface area contributed by atoms with Gasteiger partial charge in [-0.2, -0.15) is 5.10 Å². The van der Waals surface area contributed by atoms with E-state index >= 15 is 0 Å². The van der Waals surface area contributed by atoms with Gasteiger partial charge in [0.2, 0.25) is 5.91 Å². The number of carboxylic acid groups (broad SMARTS) is 1. The highest BCUT2D eigenvalue weighted by Crippen LogP contribution is 2.44. The number of aliphatic carboxylic acids is 1. The lowest BCUT2D eigenvalue weighted by atomic mass is 9.90. The summed E-state index contributed by atoms with van der Waals surface area (Å²) in [6.07, 6.45) is 2.67. The second-order valence-corrected chi connectivity index (χ2v) is 9.17. The minimum absolute atomic E-state index is 0.0364. The van der Waals surface area contributed by atoms with E-state index in [2.05, 4.69) is 40.0 Å². The molecule has 9 nitrogen and oxygen atoms in total. The van der Waals surface area contributed by atoms with Crippen LogP contribution >= 0.6 is 0 Å². The Balaban J connectivity index is 1.27. The zero-order valence-electron chi connectivity index (χ0n) is 19.7. The SMILES string of the molecule is CC(C)(CCNC(=O)Cn1cc(NC(=O)OCC2c3ccccc3-c3ccccc32)cn1)C(=O)O. The van der Waals surface area contributed by atoms with E-state index in [9.17, 15) is 14.4 Å². The van der Waals surface area contributed by atoms with Crippen LogP contribution in [0.1, 0.15) is 37.3 Å². The summed E-state index contributed by atoms with van der Waals surface area (Å²) in [4.78, 5) is 35.7. The van der Waals surface area contributed by atoms with E-state index in [0.717, 1.165) is 22.3 Å². The van der Waals surface area contributed by atoms with E-state index in [1.807, 2.05) is 24.3 Å². The average molecular weight is 477 g/mol. The number of hydrogen-bond donors (Lipinski definition) is 3. The molecule has 0 saturated heterocycles. The third-order valence-electron chi connectivity index (χ3n) is 6.18. The minimum atomic E-state index is -0.918. The number of carboxylic acids is 1. The van der Waals surface area contributed by atoms with Crippen molar-refractivity contribution in [3.63, 3.8) is 0 Å². The van der Waals surface area contributed by atoms with Gasteiger partial charge in [0.05, 0.1) is 17.3 Å². The lowest BCUT2D eigenvalue weighted by Gasteiger charge is -2.18. The Morgan fingerprint density at radius 3 is 2.31 bits per heavy atom. The maximum Gasteiger partial charge on any atom is 0.411 e. The van der Waals surface area contributed by atoms with Gasteiger partial charge in [-0.15, -0.1) is 0 Å². The van der Waals surface area contributed by atoms with Crippen molar-refractivity contribution in [1.29, 1.82) is 0 Å². The van der Waals surface area contributed by atoms with Crippen molar-refractivity contribution < 1.29 is 24.2 Å². The monoisotopic (exact) mass is 476 g/mol. The van der Waals surface area contributed by atoms with Gasteiger partial charge in [0, 0.05) is 18.7 Å². The van der Waals surface area contributed by atoms with E-state index < -0.39 is 17.5 Å². The third-order valence-corrected chi connectivity index (χ3v) is 6.18. The number of anilines is 1. The van der Waals surface area contributed by atoms with Crippen molar-refractivity contribution in [3.05, 3.63) is 72.1 Å². The molecule has 1 aliphatic carbocycles. The van der Waals surface area contributed by atoms with Crippen LogP contribution in [-0.4, -0.2) is 46.0 Å². The standard InChI is InChI=1S/C26H28N4O5/c1-26(2,24(32)33)11-12-27-23(31)15-30-14-17(13-28-30)29-25(34)35-16-22-20-9-5-3-7-18(20)19-8-4-6-10-21(19)22/h3-10,13-14,22H,11-12,15-16H2,1-2H3,(H,27,31)(H,29,34)(H,32,33). The van der Waals surface area contributed by atoms with Gasteiger partial charge in [-0.1, -0.05) is 48.5 Å². The van der Waals surface area contributed by atoms with E-state index in [1.54, 1.807) is 13.8 Å². The molecule has 1 aromatic heterocycles. The van der Waals surface area contributed by atoms with Gasteiger partial charge in [0.1, 0.15) is 13.2 Å². The molecule has 0 spiro atoms. The van der Waals surface area contributed by atoms with Gasteiger partial charge in [-0.25, -0.2) is 4.79 Å². The molecule has 0 radical (unpaired) electrons. The molecule has 0 aliphatic heterocycles. The van der Waals surface area contributed by atoms with Crippen LogP contribution in [0.4, 0.5) is 10.5 Å². The quantitative estimate of drug-likeness (QED) is 0.431. The minimum Gasteiger partial charge on any atom is -0.481 e. The summed E-state index contributed by atoms with van der Waals surface area (Å²) in [7, 11) is 0. The smallest absolute Gasteiger partial charge is 0.411 e. The van der Waals surface area contributed by atoms with Crippen molar-refractivity contribution in [2.24, 2.45) is 5.41 Å². The Hall–Kier alpha value is -4.14. The number of nitrogens with zero attached hydrogens (tertiary/aromatic N) is 2. The van der Waals surface area contributed by atoms with Gasteiger partial charge in [0.15, 0.2) is 0 Å². The number of hydrogen-bond acceptors (Lipinski definition) is 5. The Bertz CT molecular complexity index is 1200. The highest BCUT2D eigenvalue weighted by molar-refractivity contribution is 5.85. The molecule has 3 aromatic rings. The highest BCUT2D eigenvalue weighted by atomic mass is 16.5. The summed E-state index contributed by atoms with van der Waals surface area (Å²) in [6.45, 7) is 3.60. The summed E-state index contributed by atoms with van der Waals surface area (Å²) in [5.41, 5.74) is 4.06. The molecule has 182 valence electrons. The van der Waals surface area contributed by atoms with Gasteiger partial charge in [-0.05, 0) is 42.5 Å². The lowest BCUT2D eigenvalue weighted by molar-refractivity contribution is -0.147. The molecule has 1 heterocycles. The van der Waals surface area contributed by atoms with Crippen LogP contribution in [0.25, 0.3) is 11.1 Å².